The molecule has 6 heteroatoms. The number of amides is 1. The summed E-state index contributed by atoms with van der Waals surface area (Å²) in [6, 6.07) is 0. The fourth-order valence-electron chi connectivity index (χ4n) is 2.32. The molecule has 0 radical (unpaired) electrons. The standard InChI is InChI=1S/C14H26N2O4/c1-11-4-5-12(20-11)6-7-13(17)16(10-14(18)19)9-8-15(2)3/h11-12H,4-10H2,1-3H3,(H,18,19)/t11-,12+/m0/s1. The number of ether oxygens (including phenoxy) is 1. The number of hydrogen-bond acceptors (Lipinski definition) is 4. The Kier molecular flexibility index (Phi) is 6.95. The van der Waals surface area contributed by atoms with Gasteiger partial charge in [-0.25, -0.2) is 0 Å². The van der Waals surface area contributed by atoms with Gasteiger partial charge in [-0.1, -0.05) is 0 Å². The van der Waals surface area contributed by atoms with Crippen LogP contribution in [0.3, 0.4) is 0 Å². The molecule has 1 amide bonds. The SMILES string of the molecule is C[C@H]1CC[C@H](CCC(=O)N(CCN(C)C)CC(=O)O)O1. The van der Waals surface area contributed by atoms with Gasteiger partial charge in [0.1, 0.15) is 6.54 Å². The predicted octanol–water partition coefficient (Wildman–Crippen LogP) is 0.809. The van der Waals surface area contributed by atoms with Crippen LogP contribution in [0.5, 0.6) is 0 Å². The smallest absolute Gasteiger partial charge is 0.323 e. The number of carboxylic acids is 1. The van der Waals surface area contributed by atoms with Crippen molar-refractivity contribution in [3.8, 4) is 0 Å². The van der Waals surface area contributed by atoms with Crippen LogP contribution >= 0.6 is 0 Å². The molecule has 20 heavy (non-hydrogen) atoms. The van der Waals surface area contributed by atoms with Crippen molar-refractivity contribution >= 4 is 11.9 Å². The molecule has 0 spiro atoms. The number of carbonyl (C=O) groups is 2. The molecule has 0 aromatic rings. The Hall–Kier alpha value is -1.14. The van der Waals surface area contributed by atoms with Crippen LogP contribution in [0.2, 0.25) is 0 Å². The minimum atomic E-state index is -0.970. The third kappa shape index (κ3) is 6.34. The highest BCUT2D eigenvalue weighted by Gasteiger charge is 2.24. The molecule has 0 aromatic carbocycles. The van der Waals surface area contributed by atoms with Gasteiger partial charge in [-0.2, -0.15) is 0 Å². The summed E-state index contributed by atoms with van der Waals surface area (Å²) >= 11 is 0. The van der Waals surface area contributed by atoms with Gasteiger partial charge in [0.05, 0.1) is 12.2 Å². The Labute approximate surface area is 120 Å². The maximum atomic E-state index is 12.1. The number of hydrogen-bond donors (Lipinski definition) is 1. The molecule has 0 aromatic heterocycles. The molecule has 6 nitrogen and oxygen atoms in total. The fourth-order valence-corrected chi connectivity index (χ4v) is 2.32. The first kappa shape index (κ1) is 16.9. The van der Waals surface area contributed by atoms with E-state index in [0.717, 1.165) is 12.8 Å². The van der Waals surface area contributed by atoms with E-state index in [0.29, 0.717) is 25.9 Å². The van der Waals surface area contributed by atoms with Crippen molar-refractivity contribution < 1.29 is 19.4 Å². The van der Waals surface area contributed by atoms with E-state index in [1.54, 1.807) is 0 Å². The molecule has 1 saturated heterocycles. The van der Waals surface area contributed by atoms with Crippen molar-refractivity contribution in [3.63, 3.8) is 0 Å². The molecule has 116 valence electrons. The van der Waals surface area contributed by atoms with Gasteiger partial charge < -0.3 is 19.6 Å². The normalized spacial score (nSPS) is 22.2. The first-order chi connectivity index (χ1) is 9.38. The monoisotopic (exact) mass is 286 g/mol. The average Bonchev–Trinajstić information content (AvgIpc) is 2.76. The highest BCUT2D eigenvalue weighted by Crippen LogP contribution is 2.22. The lowest BCUT2D eigenvalue weighted by molar-refractivity contribution is -0.144. The molecule has 0 bridgehead atoms. The fraction of sp³-hybridized carbons (Fsp3) is 0.857. The second-order valence-electron chi connectivity index (χ2n) is 5.70. The molecule has 2 atom stereocenters. The van der Waals surface area contributed by atoms with Crippen LogP contribution in [0.1, 0.15) is 32.6 Å². The number of carboxylic acid groups (broad SMARTS) is 1. The molecule has 1 aliphatic rings. The van der Waals surface area contributed by atoms with Crippen molar-refractivity contribution in [2.45, 2.75) is 44.8 Å². The van der Waals surface area contributed by atoms with Crippen LogP contribution < -0.4 is 0 Å². The van der Waals surface area contributed by atoms with Gasteiger partial charge in [0, 0.05) is 19.5 Å². The van der Waals surface area contributed by atoms with E-state index in [4.69, 9.17) is 9.84 Å². The summed E-state index contributed by atoms with van der Waals surface area (Å²) in [6.07, 6.45) is 3.50. The maximum Gasteiger partial charge on any atom is 0.323 e. The van der Waals surface area contributed by atoms with E-state index in [1.165, 1.54) is 4.90 Å². The number of carbonyl (C=O) groups excluding carboxylic acids is 1. The lowest BCUT2D eigenvalue weighted by atomic mass is 10.1. The summed E-state index contributed by atoms with van der Waals surface area (Å²) in [5.41, 5.74) is 0. The Morgan fingerprint density at radius 3 is 2.45 bits per heavy atom. The molecule has 1 aliphatic heterocycles. The number of nitrogens with zero attached hydrogens (tertiary/aromatic N) is 2. The molecule has 0 aliphatic carbocycles. The number of aliphatic carboxylic acids is 1. The first-order valence-electron chi connectivity index (χ1n) is 7.18. The van der Waals surface area contributed by atoms with Crippen molar-refractivity contribution in [1.29, 1.82) is 0 Å². The molecular weight excluding hydrogens is 260 g/mol. The number of likely N-dealkylation sites (N-methyl/N-ethyl adjacent to an activating group) is 1. The highest BCUT2D eigenvalue weighted by atomic mass is 16.5. The van der Waals surface area contributed by atoms with E-state index in [9.17, 15) is 9.59 Å². The lowest BCUT2D eigenvalue weighted by Crippen LogP contribution is -2.40. The van der Waals surface area contributed by atoms with E-state index < -0.39 is 5.97 Å². The average molecular weight is 286 g/mol. The molecule has 1 N–H and O–H groups in total. The number of rotatable bonds is 8. The van der Waals surface area contributed by atoms with Gasteiger partial charge in [-0.3, -0.25) is 9.59 Å². The molecule has 0 unspecified atom stereocenters. The Bertz CT molecular complexity index is 333. The molecule has 1 rings (SSSR count). The van der Waals surface area contributed by atoms with Crippen molar-refractivity contribution in [3.05, 3.63) is 0 Å². The minimum absolute atomic E-state index is 0.0996. The Balaban J connectivity index is 2.39. The molecule has 0 saturated carbocycles. The summed E-state index contributed by atoms with van der Waals surface area (Å²) in [5, 5.41) is 8.88. The van der Waals surface area contributed by atoms with Gasteiger partial charge in [0.15, 0.2) is 0 Å². The van der Waals surface area contributed by atoms with Gasteiger partial charge in [-0.05, 0) is 40.3 Å². The van der Waals surface area contributed by atoms with Crippen LogP contribution in [0, 0.1) is 0 Å². The van der Waals surface area contributed by atoms with Crippen molar-refractivity contribution in [1.82, 2.24) is 9.80 Å². The van der Waals surface area contributed by atoms with Gasteiger partial charge >= 0.3 is 5.97 Å². The maximum absolute atomic E-state index is 12.1. The summed E-state index contributed by atoms with van der Waals surface area (Å²) in [7, 11) is 3.80. The quantitative estimate of drug-likeness (QED) is 0.715. The molecular formula is C14H26N2O4. The lowest BCUT2D eigenvalue weighted by Gasteiger charge is -2.23. The Morgan fingerprint density at radius 2 is 1.95 bits per heavy atom. The van der Waals surface area contributed by atoms with E-state index in [2.05, 4.69) is 0 Å². The van der Waals surface area contributed by atoms with Crippen LogP contribution in [-0.2, 0) is 14.3 Å². The van der Waals surface area contributed by atoms with Crippen LogP contribution in [0.25, 0.3) is 0 Å². The summed E-state index contributed by atoms with van der Waals surface area (Å²) in [4.78, 5) is 26.3. The van der Waals surface area contributed by atoms with Crippen LogP contribution in [-0.4, -0.2) is 72.7 Å². The topological polar surface area (TPSA) is 70.1 Å². The zero-order valence-electron chi connectivity index (χ0n) is 12.7. The summed E-state index contributed by atoms with van der Waals surface area (Å²) in [5.74, 6) is -1.07. The van der Waals surface area contributed by atoms with Crippen LogP contribution in [0.4, 0.5) is 0 Å². The van der Waals surface area contributed by atoms with Crippen molar-refractivity contribution in [2.75, 3.05) is 33.7 Å². The zero-order chi connectivity index (χ0) is 15.1. The third-order valence-corrected chi connectivity index (χ3v) is 3.50. The minimum Gasteiger partial charge on any atom is -0.480 e. The second kappa shape index (κ2) is 8.21. The predicted molar refractivity (Wildman–Crippen MR) is 75.6 cm³/mol. The van der Waals surface area contributed by atoms with Crippen LogP contribution in [0.15, 0.2) is 0 Å². The van der Waals surface area contributed by atoms with Gasteiger partial charge in [0.2, 0.25) is 5.91 Å². The van der Waals surface area contributed by atoms with Gasteiger partial charge in [0.25, 0.3) is 0 Å². The molecule has 1 heterocycles. The van der Waals surface area contributed by atoms with E-state index >= 15 is 0 Å². The first-order valence-corrected chi connectivity index (χ1v) is 7.18. The second-order valence-corrected chi connectivity index (χ2v) is 5.70. The summed E-state index contributed by atoms with van der Waals surface area (Å²) < 4.78 is 5.68. The highest BCUT2D eigenvalue weighted by molar-refractivity contribution is 5.81. The van der Waals surface area contributed by atoms with E-state index in [1.807, 2.05) is 25.9 Å². The third-order valence-electron chi connectivity index (χ3n) is 3.50. The Morgan fingerprint density at radius 1 is 1.25 bits per heavy atom. The summed E-state index contributed by atoms with van der Waals surface area (Å²) in [6.45, 7) is 2.92. The van der Waals surface area contributed by atoms with Crippen molar-refractivity contribution in [2.24, 2.45) is 0 Å². The molecule has 1 fully saturated rings. The van der Waals surface area contributed by atoms with Gasteiger partial charge in [-0.15, -0.1) is 0 Å². The van der Waals surface area contributed by atoms with E-state index in [-0.39, 0.29) is 24.7 Å². The largest absolute Gasteiger partial charge is 0.480 e. The zero-order valence-corrected chi connectivity index (χ0v) is 12.7.